The number of aromatic nitrogens is 1. The standard InChI is InChI=1S/C22H25N3O/c26-22(9-8-17-7-4-11-23-13-17)24-12-10-19-20-15-25(16-21(19)20)14-18-5-2-1-3-6-18/h1-9,11,13,19-21H,10,12,14-16H2,(H,24,26)/b9-8+/t19?,20-,21+. The summed E-state index contributed by atoms with van der Waals surface area (Å²) in [5.41, 5.74) is 2.34. The highest BCUT2D eigenvalue weighted by molar-refractivity contribution is 5.91. The maximum absolute atomic E-state index is 11.9. The largest absolute Gasteiger partial charge is 0.353 e. The summed E-state index contributed by atoms with van der Waals surface area (Å²) in [7, 11) is 0. The van der Waals surface area contributed by atoms with Crippen LogP contribution < -0.4 is 5.32 Å². The van der Waals surface area contributed by atoms with Crippen LogP contribution in [0.3, 0.4) is 0 Å². The molecule has 2 heterocycles. The molecule has 2 aromatic rings. The van der Waals surface area contributed by atoms with Crippen LogP contribution in [0.1, 0.15) is 17.5 Å². The molecule has 26 heavy (non-hydrogen) atoms. The average molecular weight is 347 g/mol. The van der Waals surface area contributed by atoms with Crippen molar-refractivity contribution in [1.29, 1.82) is 0 Å². The normalized spacial score (nSPS) is 24.5. The lowest BCUT2D eigenvalue weighted by Gasteiger charge is -2.19. The molecule has 2 fully saturated rings. The van der Waals surface area contributed by atoms with Gasteiger partial charge in [0.2, 0.25) is 5.91 Å². The summed E-state index contributed by atoms with van der Waals surface area (Å²) < 4.78 is 0. The topological polar surface area (TPSA) is 45.2 Å². The monoisotopic (exact) mass is 347 g/mol. The first-order valence-corrected chi connectivity index (χ1v) is 9.42. The van der Waals surface area contributed by atoms with Crippen molar-refractivity contribution < 1.29 is 4.79 Å². The van der Waals surface area contributed by atoms with Crippen molar-refractivity contribution in [1.82, 2.24) is 15.2 Å². The lowest BCUT2D eigenvalue weighted by molar-refractivity contribution is -0.116. The third-order valence-electron chi connectivity index (χ3n) is 5.58. The Kier molecular flexibility index (Phi) is 5.12. The van der Waals surface area contributed by atoms with Crippen molar-refractivity contribution in [3.05, 3.63) is 72.1 Å². The number of fused-ring (bicyclic) bond motifs is 1. The van der Waals surface area contributed by atoms with Gasteiger partial charge in [0.05, 0.1) is 0 Å². The molecular weight excluding hydrogens is 322 g/mol. The molecule has 1 saturated carbocycles. The first kappa shape index (κ1) is 17.0. The molecule has 1 unspecified atom stereocenters. The van der Waals surface area contributed by atoms with E-state index in [2.05, 4.69) is 45.5 Å². The zero-order chi connectivity index (χ0) is 17.8. The van der Waals surface area contributed by atoms with Crippen LogP contribution in [0.15, 0.2) is 60.9 Å². The number of nitrogens with zero attached hydrogens (tertiary/aromatic N) is 2. The van der Waals surface area contributed by atoms with Crippen LogP contribution in [0.4, 0.5) is 0 Å². The van der Waals surface area contributed by atoms with E-state index in [0.29, 0.717) is 0 Å². The summed E-state index contributed by atoms with van der Waals surface area (Å²) in [5.74, 6) is 2.44. The van der Waals surface area contributed by atoms with E-state index in [1.54, 1.807) is 24.5 Å². The molecule has 3 atom stereocenters. The van der Waals surface area contributed by atoms with Gasteiger partial charge in [-0.1, -0.05) is 36.4 Å². The number of likely N-dealkylation sites (tertiary alicyclic amines) is 1. The van der Waals surface area contributed by atoms with Crippen LogP contribution >= 0.6 is 0 Å². The van der Waals surface area contributed by atoms with E-state index in [0.717, 1.165) is 42.8 Å². The second-order valence-electron chi connectivity index (χ2n) is 7.37. The van der Waals surface area contributed by atoms with Crippen molar-refractivity contribution in [2.75, 3.05) is 19.6 Å². The molecule has 1 aromatic heterocycles. The highest BCUT2D eigenvalue weighted by Gasteiger charge is 2.54. The fraction of sp³-hybridized carbons (Fsp3) is 0.364. The quantitative estimate of drug-likeness (QED) is 0.783. The molecule has 1 aliphatic carbocycles. The Morgan fingerprint density at radius 2 is 1.96 bits per heavy atom. The van der Waals surface area contributed by atoms with E-state index < -0.39 is 0 Å². The van der Waals surface area contributed by atoms with E-state index in [1.807, 2.05) is 12.1 Å². The molecule has 0 radical (unpaired) electrons. The number of rotatable bonds is 7. The van der Waals surface area contributed by atoms with Crippen molar-refractivity contribution in [3.63, 3.8) is 0 Å². The third-order valence-corrected chi connectivity index (χ3v) is 5.58. The molecule has 4 nitrogen and oxygen atoms in total. The maximum Gasteiger partial charge on any atom is 0.244 e. The second kappa shape index (κ2) is 7.83. The Labute approximate surface area is 154 Å². The maximum atomic E-state index is 11.9. The first-order chi connectivity index (χ1) is 12.8. The molecule has 1 aliphatic heterocycles. The van der Waals surface area contributed by atoms with Crippen LogP contribution in [0, 0.1) is 17.8 Å². The lowest BCUT2D eigenvalue weighted by atomic mass is 10.1. The lowest BCUT2D eigenvalue weighted by Crippen LogP contribution is -2.26. The van der Waals surface area contributed by atoms with Gasteiger partial charge in [-0.3, -0.25) is 14.7 Å². The number of hydrogen-bond donors (Lipinski definition) is 1. The summed E-state index contributed by atoms with van der Waals surface area (Å²) in [5, 5.41) is 3.00. The summed E-state index contributed by atoms with van der Waals surface area (Å²) in [6.07, 6.45) is 7.96. The van der Waals surface area contributed by atoms with Gasteiger partial charge in [0.25, 0.3) is 0 Å². The molecule has 2 aliphatic rings. The Morgan fingerprint density at radius 1 is 1.15 bits per heavy atom. The van der Waals surface area contributed by atoms with Gasteiger partial charge in [-0.05, 0) is 47.4 Å². The van der Waals surface area contributed by atoms with Crippen molar-refractivity contribution in [2.24, 2.45) is 17.8 Å². The van der Waals surface area contributed by atoms with Gasteiger partial charge in [-0.15, -0.1) is 0 Å². The van der Waals surface area contributed by atoms with Crippen molar-refractivity contribution in [2.45, 2.75) is 13.0 Å². The minimum atomic E-state index is -0.0228. The van der Waals surface area contributed by atoms with Crippen LogP contribution in [0.25, 0.3) is 6.08 Å². The molecule has 0 spiro atoms. The van der Waals surface area contributed by atoms with E-state index >= 15 is 0 Å². The number of carbonyl (C=O) groups excluding carboxylic acids is 1. The Balaban J connectivity index is 1.14. The summed E-state index contributed by atoms with van der Waals surface area (Å²) in [4.78, 5) is 18.5. The molecule has 1 aromatic carbocycles. The van der Waals surface area contributed by atoms with Crippen molar-refractivity contribution in [3.8, 4) is 0 Å². The van der Waals surface area contributed by atoms with Gasteiger partial charge in [-0.2, -0.15) is 0 Å². The number of benzene rings is 1. The zero-order valence-corrected chi connectivity index (χ0v) is 14.9. The minimum Gasteiger partial charge on any atom is -0.353 e. The molecule has 1 amide bonds. The fourth-order valence-corrected chi connectivity index (χ4v) is 4.20. The van der Waals surface area contributed by atoms with Gasteiger partial charge in [0, 0.05) is 44.6 Å². The molecule has 4 rings (SSSR count). The van der Waals surface area contributed by atoms with Crippen LogP contribution in [-0.4, -0.2) is 35.4 Å². The van der Waals surface area contributed by atoms with Crippen LogP contribution in [0.2, 0.25) is 0 Å². The number of piperidine rings is 1. The van der Waals surface area contributed by atoms with Crippen LogP contribution in [0.5, 0.6) is 0 Å². The smallest absolute Gasteiger partial charge is 0.244 e. The molecule has 4 heteroatoms. The van der Waals surface area contributed by atoms with E-state index in [-0.39, 0.29) is 5.91 Å². The van der Waals surface area contributed by atoms with Crippen LogP contribution in [-0.2, 0) is 11.3 Å². The van der Waals surface area contributed by atoms with Crippen molar-refractivity contribution >= 4 is 12.0 Å². The Morgan fingerprint density at radius 3 is 2.69 bits per heavy atom. The molecular formula is C22H25N3O. The second-order valence-corrected chi connectivity index (χ2v) is 7.37. The predicted octanol–water partition coefficient (Wildman–Crippen LogP) is 2.98. The first-order valence-electron chi connectivity index (χ1n) is 9.42. The van der Waals surface area contributed by atoms with Gasteiger partial charge >= 0.3 is 0 Å². The number of hydrogen-bond acceptors (Lipinski definition) is 3. The van der Waals surface area contributed by atoms with E-state index in [1.165, 1.54) is 18.7 Å². The highest BCUT2D eigenvalue weighted by atomic mass is 16.1. The molecule has 134 valence electrons. The zero-order valence-electron chi connectivity index (χ0n) is 14.9. The molecule has 1 saturated heterocycles. The third kappa shape index (κ3) is 4.20. The predicted molar refractivity (Wildman–Crippen MR) is 103 cm³/mol. The Bertz CT molecular complexity index is 747. The van der Waals surface area contributed by atoms with Gasteiger partial charge < -0.3 is 5.32 Å². The van der Waals surface area contributed by atoms with E-state index in [4.69, 9.17) is 0 Å². The number of amides is 1. The Hall–Kier alpha value is -2.46. The minimum absolute atomic E-state index is 0.0228. The number of pyridine rings is 1. The molecule has 0 bridgehead atoms. The van der Waals surface area contributed by atoms with Gasteiger partial charge in [0.15, 0.2) is 0 Å². The van der Waals surface area contributed by atoms with Gasteiger partial charge in [0.1, 0.15) is 0 Å². The number of nitrogens with one attached hydrogen (secondary N) is 1. The SMILES string of the molecule is O=C(/C=C/c1cccnc1)NCCC1[C@H]2CN(Cc3ccccc3)C[C@@H]12. The van der Waals surface area contributed by atoms with E-state index in [9.17, 15) is 4.79 Å². The fourth-order valence-electron chi connectivity index (χ4n) is 4.20. The summed E-state index contributed by atoms with van der Waals surface area (Å²) >= 11 is 0. The molecule has 1 N–H and O–H groups in total. The number of carbonyl (C=O) groups is 1. The van der Waals surface area contributed by atoms with Gasteiger partial charge in [-0.25, -0.2) is 0 Å². The summed E-state index contributed by atoms with van der Waals surface area (Å²) in [6, 6.07) is 14.5. The summed E-state index contributed by atoms with van der Waals surface area (Å²) in [6.45, 7) is 4.25. The average Bonchev–Trinajstić information content (AvgIpc) is 3.12. The highest BCUT2D eigenvalue weighted by Crippen LogP contribution is 2.53.